The number of hydrogen-bond acceptors (Lipinski definition) is 5. The molecular weight excluding hydrogens is 489 g/mol. The van der Waals surface area contributed by atoms with Gasteiger partial charge >= 0.3 is 6.36 Å². The smallest absolute Gasteiger partial charge is 0.406 e. The molecule has 0 unspecified atom stereocenters. The molecule has 0 aliphatic heterocycles. The predicted octanol–water partition coefficient (Wildman–Crippen LogP) is 3.12. The van der Waals surface area contributed by atoms with E-state index in [1.54, 1.807) is 0 Å². The summed E-state index contributed by atoms with van der Waals surface area (Å²) in [6, 6.07) is 9.58. The van der Waals surface area contributed by atoms with Crippen LogP contribution in [0.1, 0.15) is 47.8 Å². The highest BCUT2D eigenvalue weighted by Gasteiger charge is 2.31. The quantitative estimate of drug-likeness (QED) is 0.384. The van der Waals surface area contributed by atoms with Crippen LogP contribution in [0.3, 0.4) is 0 Å². The molecule has 2 aromatic carbocycles. The van der Waals surface area contributed by atoms with Gasteiger partial charge in [0, 0.05) is 24.2 Å². The van der Waals surface area contributed by atoms with Gasteiger partial charge in [0.1, 0.15) is 11.8 Å². The van der Waals surface area contributed by atoms with Gasteiger partial charge < -0.3 is 26.0 Å². The van der Waals surface area contributed by atoms with Gasteiger partial charge in [-0.2, -0.15) is 0 Å². The molecular formula is C26H33F3N4O4. The zero-order valence-corrected chi connectivity index (χ0v) is 21.5. The van der Waals surface area contributed by atoms with Crippen molar-refractivity contribution in [2.75, 3.05) is 13.1 Å². The number of alkyl halides is 3. The van der Waals surface area contributed by atoms with Gasteiger partial charge in [-0.3, -0.25) is 14.4 Å². The van der Waals surface area contributed by atoms with Crippen LogP contribution in [0, 0.1) is 13.8 Å². The van der Waals surface area contributed by atoms with Gasteiger partial charge in [0.15, 0.2) is 0 Å². The summed E-state index contributed by atoms with van der Waals surface area (Å²) in [5.74, 6) is -2.37. The van der Waals surface area contributed by atoms with Gasteiger partial charge in [0.2, 0.25) is 11.8 Å². The Bertz CT molecular complexity index is 1110. The number of halogens is 3. The Morgan fingerprint density at radius 1 is 1.00 bits per heavy atom. The lowest BCUT2D eigenvalue weighted by Crippen LogP contribution is -2.56. The Morgan fingerprint density at radius 3 is 2.32 bits per heavy atom. The fraction of sp³-hybridized carbons (Fsp3) is 0.423. The van der Waals surface area contributed by atoms with E-state index in [0.717, 1.165) is 28.8 Å². The molecule has 0 saturated heterocycles. The maximum absolute atomic E-state index is 12.8. The number of rotatable bonds is 10. The van der Waals surface area contributed by atoms with Crippen LogP contribution in [0.25, 0.3) is 0 Å². The molecule has 0 radical (unpaired) electrons. The summed E-state index contributed by atoms with van der Waals surface area (Å²) in [4.78, 5) is 37.7. The first-order valence-corrected chi connectivity index (χ1v) is 11.7. The number of benzene rings is 2. The van der Waals surface area contributed by atoms with Crippen LogP contribution in [0.5, 0.6) is 5.75 Å². The third-order valence-electron chi connectivity index (χ3n) is 5.05. The zero-order valence-electron chi connectivity index (χ0n) is 21.5. The van der Waals surface area contributed by atoms with Crippen LogP contribution >= 0.6 is 0 Å². The van der Waals surface area contributed by atoms with E-state index in [2.05, 4.69) is 32.1 Å². The van der Waals surface area contributed by atoms with Gasteiger partial charge in [-0.25, -0.2) is 0 Å². The lowest BCUT2D eigenvalue weighted by Gasteiger charge is -2.26. The fourth-order valence-corrected chi connectivity index (χ4v) is 3.40. The topological polar surface area (TPSA) is 109 Å². The molecule has 0 aliphatic carbocycles. The van der Waals surface area contributed by atoms with Crippen molar-refractivity contribution in [3.63, 3.8) is 0 Å². The van der Waals surface area contributed by atoms with Crippen LogP contribution in [-0.4, -0.2) is 48.8 Å². The lowest BCUT2D eigenvalue weighted by molar-refractivity contribution is -0.274. The SMILES string of the molecule is Cc1ccc(CNC[C@H](NC(=O)CNC(=O)c2cccc(OC(F)(F)F)c2)C(=O)NC(C)(C)C)c(C)c1. The minimum atomic E-state index is -4.90. The Morgan fingerprint density at radius 2 is 1.70 bits per heavy atom. The van der Waals surface area contributed by atoms with E-state index >= 15 is 0 Å². The highest BCUT2D eigenvalue weighted by atomic mass is 19.4. The molecule has 2 aromatic rings. The van der Waals surface area contributed by atoms with Crippen molar-refractivity contribution in [3.05, 3.63) is 64.7 Å². The second-order valence-electron chi connectivity index (χ2n) is 9.68. The minimum absolute atomic E-state index is 0.119. The van der Waals surface area contributed by atoms with Crippen molar-refractivity contribution in [1.29, 1.82) is 0 Å². The summed E-state index contributed by atoms with van der Waals surface area (Å²) >= 11 is 0. The number of ether oxygens (including phenoxy) is 1. The average Bonchev–Trinajstić information content (AvgIpc) is 2.76. The number of hydrogen-bond donors (Lipinski definition) is 4. The van der Waals surface area contributed by atoms with E-state index < -0.39 is 48.0 Å². The molecule has 11 heteroatoms. The molecule has 4 N–H and O–H groups in total. The molecule has 0 bridgehead atoms. The number of amides is 3. The lowest BCUT2D eigenvalue weighted by atomic mass is 10.1. The Hall–Kier alpha value is -3.60. The first-order valence-electron chi connectivity index (χ1n) is 11.7. The Kier molecular flexibility index (Phi) is 10.1. The molecule has 0 spiro atoms. The molecule has 0 aromatic heterocycles. The third-order valence-corrected chi connectivity index (χ3v) is 5.05. The largest absolute Gasteiger partial charge is 0.573 e. The fourth-order valence-electron chi connectivity index (χ4n) is 3.40. The van der Waals surface area contributed by atoms with E-state index in [0.29, 0.717) is 6.54 Å². The molecule has 0 aliphatic rings. The molecule has 37 heavy (non-hydrogen) atoms. The molecule has 0 fully saturated rings. The van der Waals surface area contributed by atoms with E-state index in [9.17, 15) is 27.6 Å². The molecule has 2 rings (SSSR count). The third kappa shape index (κ3) is 10.9. The zero-order chi connectivity index (χ0) is 27.8. The second-order valence-corrected chi connectivity index (χ2v) is 9.68. The summed E-state index contributed by atoms with van der Waals surface area (Å²) < 4.78 is 41.1. The molecule has 1 atom stereocenters. The first kappa shape index (κ1) is 29.6. The van der Waals surface area contributed by atoms with Crippen LogP contribution in [-0.2, 0) is 16.1 Å². The minimum Gasteiger partial charge on any atom is -0.406 e. The van der Waals surface area contributed by atoms with Crippen molar-refractivity contribution < 1.29 is 32.3 Å². The molecule has 0 heterocycles. The van der Waals surface area contributed by atoms with Gasteiger partial charge in [-0.1, -0.05) is 29.8 Å². The summed E-state index contributed by atoms with van der Waals surface area (Å²) in [5, 5.41) is 10.9. The van der Waals surface area contributed by atoms with E-state index in [1.165, 1.54) is 12.1 Å². The number of carbonyl (C=O) groups is 3. The number of carbonyl (C=O) groups excluding carboxylic acids is 3. The normalized spacial score (nSPS) is 12.4. The van der Waals surface area contributed by atoms with Crippen LogP contribution in [0.2, 0.25) is 0 Å². The van der Waals surface area contributed by atoms with Crippen molar-refractivity contribution in [1.82, 2.24) is 21.3 Å². The van der Waals surface area contributed by atoms with Crippen molar-refractivity contribution in [2.24, 2.45) is 0 Å². The number of nitrogens with one attached hydrogen (secondary N) is 4. The summed E-state index contributed by atoms with van der Waals surface area (Å²) in [5.41, 5.74) is 2.63. The maximum Gasteiger partial charge on any atom is 0.573 e. The second kappa shape index (κ2) is 12.6. The van der Waals surface area contributed by atoms with Crippen molar-refractivity contribution >= 4 is 17.7 Å². The van der Waals surface area contributed by atoms with Gasteiger partial charge in [0.05, 0.1) is 6.54 Å². The van der Waals surface area contributed by atoms with Gasteiger partial charge in [-0.15, -0.1) is 13.2 Å². The molecule has 3 amide bonds. The molecule has 8 nitrogen and oxygen atoms in total. The van der Waals surface area contributed by atoms with Crippen LogP contribution < -0.4 is 26.0 Å². The van der Waals surface area contributed by atoms with Gasteiger partial charge in [-0.05, 0) is 63.9 Å². The van der Waals surface area contributed by atoms with Crippen molar-refractivity contribution in [2.45, 2.75) is 59.1 Å². The Labute approximate surface area is 214 Å². The average molecular weight is 523 g/mol. The standard InChI is InChI=1S/C26H33F3N4O4/c1-16-9-10-19(17(2)11-16)13-30-14-21(24(36)33-25(3,4)5)32-22(34)15-31-23(35)18-7-6-8-20(12-18)37-26(27,28)29/h6-12,21,30H,13-15H2,1-5H3,(H,31,35)(H,32,34)(H,33,36)/t21-/m0/s1. The number of aryl methyl sites for hydroxylation is 2. The van der Waals surface area contributed by atoms with E-state index in [4.69, 9.17) is 0 Å². The predicted molar refractivity (Wildman–Crippen MR) is 133 cm³/mol. The summed E-state index contributed by atoms with van der Waals surface area (Å²) in [7, 11) is 0. The highest BCUT2D eigenvalue weighted by molar-refractivity contribution is 5.97. The molecule has 0 saturated carbocycles. The van der Waals surface area contributed by atoms with Crippen molar-refractivity contribution in [3.8, 4) is 5.75 Å². The first-order chi connectivity index (χ1) is 17.1. The van der Waals surface area contributed by atoms with Gasteiger partial charge in [0.25, 0.3) is 5.91 Å². The summed E-state index contributed by atoms with van der Waals surface area (Å²) in [6.07, 6.45) is -4.90. The Balaban J connectivity index is 1.98. The highest BCUT2D eigenvalue weighted by Crippen LogP contribution is 2.23. The van der Waals surface area contributed by atoms with E-state index in [1.807, 2.05) is 46.8 Å². The van der Waals surface area contributed by atoms with E-state index in [-0.39, 0.29) is 12.1 Å². The van der Waals surface area contributed by atoms with Crippen LogP contribution in [0.4, 0.5) is 13.2 Å². The monoisotopic (exact) mass is 522 g/mol. The maximum atomic E-state index is 12.8. The summed E-state index contributed by atoms with van der Waals surface area (Å²) in [6.45, 7) is 9.54. The molecule has 202 valence electrons. The van der Waals surface area contributed by atoms with Crippen LogP contribution in [0.15, 0.2) is 42.5 Å².